The fraction of sp³-hybridized carbons (Fsp3) is 0.462. The number of ether oxygens (including phenoxy) is 2. The molecule has 1 aliphatic rings. The molecule has 1 N–H and O–H groups in total. The third kappa shape index (κ3) is 2.58. The lowest BCUT2D eigenvalue weighted by Gasteiger charge is -2.16. The van der Waals surface area contributed by atoms with Crippen molar-refractivity contribution in [2.45, 2.75) is 19.4 Å². The molecule has 0 spiro atoms. The Hall–Kier alpha value is -1.55. The van der Waals surface area contributed by atoms with Gasteiger partial charge in [-0.1, -0.05) is 6.07 Å². The Balaban J connectivity index is 2.19. The van der Waals surface area contributed by atoms with E-state index < -0.39 is 0 Å². The maximum atomic E-state index is 11.5. The number of benzene rings is 1. The summed E-state index contributed by atoms with van der Waals surface area (Å²) in [6.45, 7) is 3.44. The van der Waals surface area contributed by atoms with E-state index in [0.29, 0.717) is 11.6 Å². The first-order valence-corrected chi connectivity index (χ1v) is 5.74. The highest BCUT2D eigenvalue weighted by atomic mass is 16.5. The van der Waals surface area contributed by atoms with Crippen molar-refractivity contribution in [3.05, 3.63) is 29.3 Å². The topological polar surface area (TPSA) is 47.6 Å². The number of esters is 1. The number of carbonyl (C=O) groups is 1. The van der Waals surface area contributed by atoms with Crippen LogP contribution in [-0.2, 0) is 9.47 Å². The summed E-state index contributed by atoms with van der Waals surface area (Å²) in [7, 11) is 1.40. The van der Waals surface area contributed by atoms with Crippen LogP contribution in [0.3, 0.4) is 0 Å². The molecule has 1 heterocycles. The molecule has 0 radical (unpaired) electrons. The van der Waals surface area contributed by atoms with Gasteiger partial charge in [0.1, 0.15) is 0 Å². The highest BCUT2D eigenvalue weighted by molar-refractivity contribution is 5.92. The Morgan fingerprint density at radius 2 is 2.35 bits per heavy atom. The Morgan fingerprint density at radius 3 is 3.00 bits per heavy atom. The molecule has 0 aliphatic carbocycles. The summed E-state index contributed by atoms with van der Waals surface area (Å²) < 4.78 is 10.1. The standard InChI is InChI=1S/C13H17NO3/c1-9-11(13(15)16-2)4-3-5-12(9)14-10-6-7-17-8-10/h3-5,10,14H,6-8H2,1-2H3. The second kappa shape index (κ2) is 5.19. The predicted octanol–water partition coefficient (Wildman–Crippen LogP) is 1.98. The summed E-state index contributed by atoms with van der Waals surface area (Å²) in [5, 5.41) is 3.40. The second-order valence-electron chi connectivity index (χ2n) is 4.17. The highest BCUT2D eigenvalue weighted by Crippen LogP contribution is 2.22. The van der Waals surface area contributed by atoms with Crippen LogP contribution in [0.15, 0.2) is 18.2 Å². The van der Waals surface area contributed by atoms with Gasteiger partial charge in [-0.3, -0.25) is 0 Å². The molecule has 1 aliphatic heterocycles. The van der Waals surface area contributed by atoms with Crippen molar-refractivity contribution in [1.29, 1.82) is 0 Å². The van der Waals surface area contributed by atoms with Crippen LogP contribution in [0.25, 0.3) is 0 Å². The van der Waals surface area contributed by atoms with Crippen LogP contribution in [0.1, 0.15) is 22.3 Å². The molecule has 92 valence electrons. The van der Waals surface area contributed by atoms with E-state index in [1.54, 1.807) is 6.07 Å². The van der Waals surface area contributed by atoms with Crippen molar-refractivity contribution in [2.75, 3.05) is 25.6 Å². The van der Waals surface area contributed by atoms with Crippen LogP contribution in [-0.4, -0.2) is 32.3 Å². The summed E-state index contributed by atoms with van der Waals surface area (Å²) in [5.41, 5.74) is 2.51. The molecular weight excluding hydrogens is 218 g/mol. The van der Waals surface area contributed by atoms with E-state index in [1.807, 2.05) is 19.1 Å². The molecule has 1 unspecified atom stereocenters. The third-order valence-electron chi connectivity index (χ3n) is 3.03. The van der Waals surface area contributed by atoms with Gasteiger partial charge in [0.2, 0.25) is 0 Å². The van der Waals surface area contributed by atoms with Crippen LogP contribution in [0.5, 0.6) is 0 Å². The van der Waals surface area contributed by atoms with E-state index in [1.165, 1.54) is 7.11 Å². The largest absolute Gasteiger partial charge is 0.465 e. The summed E-state index contributed by atoms with van der Waals surface area (Å²) in [6.07, 6.45) is 1.00. The minimum Gasteiger partial charge on any atom is -0.465 e. The molecule has 0 amide bonds. The number of carbonyl (C=O) groups excluding carboxylic acids is 1. The summed E-state index contributed by atoms with van der Waals surface area (Å²) in [5.74, 6) is -0.297. The number of rotatable bonds is 3. The minimum absolute atomic E-state index is 0.297. The molecule has 2 rings (SSSR count). The van der Waals surface area contributed by atoms with Crippen LogP contribution in [0.4, 0.5) is 5.69 Å². The van der Waals surface area contributed by atoms with Crippen molar-refractivity contribution in [3.8, 4) is 0 Å². The van der Waals surface area contributed by atoms with Crippen LogP contribution in [0.2, 0.25) is 0 Å². The molecule has 4 nitrogen and oxygen atoms in total. The fourth-order valence-electron chi connectivity index (χ4n) is 1.99. The molecule has 1 fully saturated rings. The second-order valence-corrected chi connectivity index (χ2v) is 4.17. The quantitative estimate of drug-likeness (QED) is 0.814. The Morgan fingerprint density at radius 1 is 1.53 bits per heavy atom. The van der Waals surface area contributed by atoms with Crippen LogP contribution >= 0.6 is 0 Å². The van der Waals surface area contributed by atoms with Gasteiger partial charge >= 0.3 is 5.97 Å². The lowest BCUT2D eigenvalue weighted by atomic mass is 10.1. The lowest BCUT2D eigenvalue weighted by Crippen LogP contribution is -2.20. The van der Waals surface area contributed by atoms with Gasteiger partial charge in [-0.15, -0.1) is 0 Å². The van der Waals surface area contributed by atoms with Crippen molar-refractivity contribution in [1.82, 2.24) is 0 Å². The normalized spacial score (nSPS) is 19.1. The van der Waals surface area contributed by atoms with Crippen LogP contribution < -0.4 is 5.32 Å². The van der Waals surface area contributed by atoms with Crippen LogP contribution in [0, 0.1) is 6.92 Å². The summed E-state index contributed by atoms with van der Waals surface area (Å²) in [4.78, 5) is 11.5. The number of hydrogen-bond donors (Lipinski definition) is 1. The zero-order valence-corrected chi connectivity index (χ0v) is 10.2. The molecule has 1 saturated heterocycles. The minimum atomic E-state index is -0.297. The average molecular weight is 235 g/mol. The van der Waals surface area contributed by atoms with E-state index in [2.05, 4.69) is 5.32 Å². The Labute approximate surface area is 101 Å². The van der Waals surface area contributed by atoms with Crippen molar-refractivity contribution >= 4 is 11.7 Å². The van der Waals surface area contributed by atoms with Gasteiger partial charge < -0.3 is 14.8 Å². The monoisotopic (exact) mass is 235 g/mol. The first-order valence-electron chi connectivity index (χ1n) is 5.74. The maximum absolute atomic E-state index is 11.5. The SMILES string of the molecule is COC(=O)c1cccc(NC2CCOC2)c1C. The molecule has 0 bridgehead atoms. The number of methoxy groups -OCH3 is 1. The van der Waals surface area contributed by atoms with Gasteiger partial charge in [0.25, 0.3) is 0 Å². The number of hydrogen-bond acceptors (Lipinski definition) is 4. The number of nitrogens with one attached hydrogen (secondary N) is 1. The molecule has 1 aromatic carbocycles. The zero-order chi connectivity index (χ0) is 12.3. The maximum Gasteiger partial charge on any atom is 0.338 e. The van der Waals surface area contributed by atoms with Gasteiger partial charge in [0.05, 0.1) is 25.3 Å². The average Bonchev–Trinajstić information content (AvgIpc) is 2.84. The van der Waals surface area contributed by atoms with Gasteiger partial charge in [0.15, 0.2) is 0 Å². The lowest BCUT2D eigenvalue weighted by molar-refractivity contribution is 0.0600. The smallest absolute Gasteiger partial charge is 0.338 e. The first kappa shape index (κ1) is 11.9. The van der Waals surface area contributed by atoms with Gasteiger partial charge in [-0.25, -0.2) is 4.79 Å². The van der Waals surface area contributed by atoms with Crippen molar-refractivity contribution in [3.63, 3.8) is 0 Å². The fourth-order valence-corrected chi connectivity index (χ4v) is 1.99. The predicted molar refractivity (Wildman–Crippen MR) is 65.4 cm³/mol. The Bertz CT molecular complexity index is 411. The number of anilines is 1. The summed E-state index contributed by atoms with van der Waals surface area (Å²) >= 11 is 0. The van der Waals surface area contributed by atoms with E-state index >= 15 is 0 Å². The Kier molecular flexibility index (Phi) is 3.64. The van der Waals surface area contributed by atoms with Gasteiger partial charge in [-0.05, 0) is 31.0 Å². The summed E-state index contributed by atoms with van der Waals surface area (Å²) in [6, 6.07) is 5.94. The highest BCUT2D eigenvalue weighted by Gasteiger charge is 2.17. The van der Waals surface area contributed by atoms with E-state index in [4.69, 9.17) is 9.47 Å². The van der Waals surface area contributed by atoms with Gasteiger partial charge in [0, 0.05) is 12.3 Å². The molecular formula is C13H17NO3. The first-order chi connectivity index (χ1) is 8.22. The molecule has 0 aromatic heterocycles. The molecule has 17 heavy (non-hydrogen) atoms. The van der Waals surface area contributed by atoms with Gasteiger partial charge in [-0.2, -0.15) is 0 Å². The van der Waals surface area contributed by atoms with E-state index in [9.17, 15) is 4.79 Å². The molecule has 1 aromatic rings. The van der Waals surface area contributed by atoms with E-state index in [-0.39, 0.29) is 5.97 Å². The van der Waals surface area contributed by atoms with Crippen molar-refractivity contribution < 1.29 is 14.3 Å². The third-order valence-corrected chi connectivity index (χ3v) is 3.03. The molecule has 1 atom stereocenters. The van der Waals surface area contributed by atoms with Crippen molar-refractivity contribution in [2.24, 2.45) is 0 Å². The molecule has 0 saturated carbocycles. The zero-order valence-electron chi connectivity index (χ0n) is 10.2. The van der Waals surface area contributed by atoms with E-state index in [0.717, 1.165) is 30.9 Å². The molecule has 4 heteroatoms.